The molecular formula is C23H30FN3O. The summed E-state index contributed by atoms with van der Waals surface area (Å²) >= 11 is 0. The summed E-state index contributed by atoms with van der Waals surface area (Å²) in [4.78, 5) is 17.5. The molecule has 4 nitrogen and oxygen atoms in total. The van der Waals surface area contributed by atoms with Gasteiger partial charge in [-0.2, -0.15) is 0 Å². The Kier molecular flexibility index (Phi) is 6.35. The molecule has 3 rings (SSSR count). The highest BCUT2D eigenvalue weighted by Gasteiger charge is 2.22. The van der Waals surface area contributed by atoms with Gasteiger partial charge in [-0.1, -0.05) is 24.6 Å². The molecule has 1 aliphatic rings. The second kappa shape index (κ2) is 8.74. The normalized spacial score (nSPS) is 16.1. The summed E-state index contributed by atoms with van der Waals surface area (Å²) in [5.41, 5.74) is 4.48. The molecule has 0 radical (unpaired) electrons. The van der Waals surface area contributed by atoms with Crippen molar-refractivity contribution in [1.82, 2.24) is 10.2 Å². The predicted octanol–water partition coefficient (Wildman–Crippen LogP) is 4.08. The number of nitrogens with one attached hydrogen (secondary N) is 1. The Morgan fingerprint density at radius 2 is 1.82 bits per heavy atom. The Hall–Kier alpha value is -2.40. The first-order chi connectivity index (χ1) is 13.4. The van der Waals surface area contributed by atoms with Crippen molar-refractivity contribution in [2.75, 3.05) is 37.6 Å². The van der Waals surface area contributed by atoms with Crippen molar-refractivity contribution in [3.05, 3.63) is 64.5 Å². The number of nitrogens with zero attached hydrogens (tertiary/aromatic N) is 2. The lowest BCUT2D eigenvalue weighted by Gasteiger charge is -2.37. The van der Waals surface area contributed by atoms with Gasteiger partial charge < -0.3 is 15.1 Å². The number of halogens is 1. The molecule has 5 heteroatoms. The van der Waals surface area contributed by atoms with Crippen LogP contribution in [0.5, 0.6) is 0 Å². The molecule has 28 heavy (non-hydrogen) atoms. The van der Waals surface area contributed by atoms with E-state index in [1.165, 1.54) is 6.07 Å². The number of piperazine rings is 1. The zero-order valence-corrected chi connectivity index (χ0v) is 17.3. The number of benzene rings is 2. The fourth-order valence-corrected chi connectivity index (χ4v) is 3.80. The van der Waals surface area contributed by atoms with Crippen molar-refractivity contribution in [3.8, 4) is 0 Å². The topological polar surface area (TPSA) is 35.6 Å². The van der Waals surface area contributed by atoms with Gasteiger partial charge in [0.2, 0.25) is 0 Å². The molecule has 1 unspecified atom stereocenters. The molecule has 1 amide bonds. The fraction of sp³-hybridized carbons (Fsp3) is 0.435. The second-order valence-electron chi connectivity index (χ2n) is 7.64. The van der Waals surface area contributed by atoms with Crippen molar-refractivity contribution in [2.24, 2.45) is 0 Å². The lowest BCUT2D eigenvalue weighted by molar-refractivity contribution is 0.0939. The lowest BCUT2D eigenvalue weighted by atomic mass is 10.0. The predicted molar refractivity (Wildman–Crippen MR) is 113 cm³/mol. The zero-order chi connectivity index (χ0) is 20.3. The van der Waals surface area contributed by atoms with Crippen LogP contribution in [0.2, 0.25) is 0 Å². The number of likely N-dealkylation sites (N-methyl/N-ethyl adjacent to an activating group) is 1. The number of carbonyl (C=O) groups is 1. The quantitative estimate of drug-likeness (QED) is 0.845. The molecule has 0 aromatic heterocycles. The van der Waals surface area contributed by atoms with E-state index in [2.05, 4.69) is 22.0 Å². The summed E-state index contributed by atoms with van der Waals surface area (Å²) in [6, 6.07) is 10.5. The van der Waals surface area contributed by atoms with E-state index in [1.807, 2.05) is 45.0 Å². The molecular weight excluding hydrogens is 353 g/mol. The monoisotopic (exact) mass is 383 g/mol. The summed E-state index contributed by atoms with van der Waals surface area (Å²) < 4.78 is 14.0. The van der Waals surface area contributed by atoms with Gasteiger partial charge in [0.1, 0.15) is 5.82 Å². The van der Waals surface area contributed by atoms with Gasteiger partial charge in [-0.15, -0.1) is 0 Å². The van der Waals surface area contributed by atoms with E-state index < -0.39 is 0 Å². The highest BCUT2D eigenvalue weighted by Crippen LogP contribution is 2.29. The van der Waals surface area contributed by atoms with E-state index in [4.69, 9.17) is 0 Å². The van der Waals surface area contributed by atoms with E-state index in [9.17, 15) is 9.18 Å². The minimum atomic E-state index is -0.290. The number of anilines is 1. The van der Waals surface area contributed by atoms with Crippen LogP contribution in [-0.2, 0) is 0 Å². The third-order valence-corrected chi connectivity index (χ3v) is 5.60. The molecule has 0 saturated carbocycles. The van der Waals surface area contributed by atoms with E-state index in [0.29, 0.717) is 5.56 Å². The molecule has 2 aromatic rings. The highest BCUT2D eigenvalue weighted by molar-refractivity contribution is 5.96. The maximum atomic E-state index is 14.0. The van der Waals surface area contributed by atoms with Gasteiger partial charge in [0, 0.05) is 43.0 Å². The zero-order valence-electron chi connectivity index (χ0n) is 17.3. The van der Waals surface area contributed by atoms with Crippen LogP contribution >= 0.6 is 0 Å². The number of rotatable bonds is 5. The molecule has 1 heterocycles. The van der Waals surface area contributed by atoms with E-state index in [-0.39, 0.29) is 17.8 Å². The summed E-state index contributed by atoms with van der Waals surface area (Å²) in [5.74, 6) is -0.404. The number of carbonyl (C=O) groups excluding carboxylic acids is 1. The van der Waals surface area contributed by atoms with Gasteiger partial charge >= 0.3 is 0 Å². The number of hydrogen-bond donors (Lipinski definition) is 1. The van der Waals surface area contributed by atoms with Crippen molar-refractivity contribution in [1.29, 1.82) is 0 Å². The third kappa shape index (κ3) is 4.53. The van der Waals surface area contributed by atoms with Crippen LogP contribution in [0, 0.1) is 19.7 Å². The summed E-state index contributed by atoms with van der Waals surface area (Å²) in [7, 11) is 0. The fourth-order valence-electron chi connectivity index (χ4n) is 3.80. The SMILES string of the molecule is CCN1CCN(c2ccc(F)cc2C(C)NC(=O)c2cc(C)ccc2C)CC1. The maximum absolute atomic E-state index is 14.0. The Morgan fingerprint density at radius 1 is 1.11 bits per heavy atom. The molecule has 1 aliphatic heterocycles. The molecule has 0 spiro atoms. The summed E-state index contributed by atoms with van der Waals surface area (Å²) in [5, 5.41) is 3.06. The van der Waals surface area contributed by atoms with Crippen LogP contribution in [0.25, 0.3) is 0 Å². The van der Waals surface area contributed by atoms with Crippen molar-refractivity contribution in [2.45, 2.75) is 33.7 Å². The maximum Gasteiger partial charge on any atom is 0.252 e. The van der Waals surface area contributed by atoms with Crippen LogP contribution in [0.15, 0.2) is 36.4 Å². The number of amides is 1. The molecule has 0 bridgehead atoms. The molecule has 1 atom stereocenters. The molecule has 0 aliphatic carbocycles. The standard InChI is InChI=1S/C23H30FN3O/c1-5-26-10-12-27(13-11-26)22-9-8-19(24)15-21(22)18(4)25-23(28)20-14-16(2)6-7-17(20)3/h6-9,14-15,18H,5,10-13H2,1-4H3,(H,25,28). The molecule has 2 aromatic carbocycles. The van der Waals surface area contributed by atoms with Crippen molar-refractivity contribution < 1.29 is 9.18 Å². The van der Waals surface area contributed by atoms with Crippen LogP contribution in [0.4, 0.5) is 10.1 Å². The molecule has 1 N–H and O–H groups in total. The summed E-state index contributed by atoms with van der Waals surface area (Å²) in [6.45, 7) is 12.8. The average molecular weight is 384 g/mol. The molecule has 150 valence electrons. The third-order valence-electron chi connectivity index (χ3n) is 5.60. The van der Waals surface area contributed by atoms with Crippen LogP contribution in [0.1, 0.15) is 46.9 Å². The van der Waals surface area contributed by atoms with E-state index in [0.717, 1.165) is 55.1 Å². The van der Waals surface area contributed by atoms with Crippen LogP contribution < -0.4 is 10.2 Å². The van der Waals surface area contributed by atoms with Gasteiger partial charge in [0.05, 0.1) is 6.04 Å². The first kappa shape index (κ1) is 20.3. The largest absolute Gasteiger partial charge is 0.369 e. The van der Waals surface area contributed by atoms with E-state index >= 15 is 0 Å². The lowest BCUT2D eigenvalue weighted by Crippen LogP contribution is -2.46. The van der Waals surface area contributed by atoms with Crippen molar-refractivity contribution in [3.63, 3.8) is 0 Å². The second-order valence-corrected chi connectivity index (χ2v) is 7.64. The average Bonchev–Trinajstić information content (AvgIpc) is 2.69. The highest BCUT2D eigenvalue weighted by atomic mass is 19.1. The summed E-state index contributed by atoms with van der Waals surface area (Å²) in [6.07, 6.45) is 0. The Bertz CT molecular complexity index is 844. The minimum absolute atomic E-state index is 0.125. The van der Waals surface area contributed by atoms with Crippen LogP contribution in [-0.4, -0.2) is 43.5 Å². The van der Waals surface area contributed by atoms with Crippen LogP contribution in [0.3, 0.4) is 0 Å². The van der Waals surface area contributed by atoms with E-state index in [1.54, 1.807) is 6.07 Å². The van der Waals surface area contributed by atoms with Gasteiger partial charge in [0.15, 0.2) is 0 Å². The molecule has 1 fully saturated rings. The van der Waals surface area contributed by atoms with Gasteiger partial charge in [-0.05, 0) is 57.1 Å². The van der Waals surface area contributed by atoms with Gasteiger partial charge in [-0.3, -0.25) is 4.79 Å². The number of aryl methyl sites for hydroxylation is 2. The van der Waals surface area contributed by atoms with Gasteiger partial charge in [-0.25, -0.2) is 4.39 Å². The van der Waals surface area contributed by atoms with Gasteiger partial charge in [0.25, 0.3) is 5.91 Å². The smallest absolute Gasteiger partial charge is 0.252 e. The Balaban J connectivity index is 1.81. The minimum Gasteiger partial charge on any atom is -0.369 e. The first-order valence-corrected chi connectivity index (χ1v) is 10.0. The van der Waals surface area contributed by atoms with Crippen molar-refractivity contribution >= 4 is 11.6 Å². The molecule has 1 saturated heterocycles. The Morgan fingerprint density at radius 3 is 2.50 bits per heavy atom. The Labute approximate surface area is 167 Å². The number of hydrogen-bond acceptors (Lipinski definition) is 3. The first-order valence-electron chi connectivity index (χ1n) is 10.0.